The Morgan fingerprint density at radius 1 is 0.949 bits per heavy atom. The second-order valence-electron chi connectivity index (χ2n) is 13.8. The van der Waals surface area contributed by atoms with E-state index in [1.54, 1.807) is 44.4 Å². The lowest BCUT2D eigenvalue weighted by molar-refractivity contribution is 0.0821. The number of phenolic OH excluding ortho intramolecular Hbond substituents is 1. The number of rotatable bonds is 6. The predicted molar refractivity (Wildman–Crippen MR) is 243 cm³/mol. The molecule has 1 N–H and O–H groups in total. The first kappa shape index (κ1) is 50.4. The SMILES string of the molecule is C1CC2CCCN2C1.C=C(/N=C1/C(F)=C(c2cc(O)cc3ccc(F)c(CC)c23)C=C/C1=C(/C)N1CCCn2nc(C(=O)N(C)C)cc2C1)OC.CC.CC.CC.CC. The van der Waals surface area contributed by atoms with E-state index in [-0.39, 0.29) is 28.8 Å². The lowest BCUT2D eigenvalue weighted by Gasteiger charge is -2.27. The minimum atomic E-state index is -0.646. The minimum absolute atomic E-state index is 0.0203. The van der Waals surface area contributed by atoms with Crippen LogP contribution in [-0.2, 0) is 24.2 Å². The number of fused-ring (bicyclic) bond motifs is 3. The van der Waals surface area contributed by atoms with Gasteiger partial charge >= 0.3 is 0 Å². The summed E-state index contributed by atoms with van der Waals surface area (Å²) in [7, 11) is 4.78. The van der Waals surface area contributed by atoms with E-state index < -0.39 is 11.6 Å². The summed E-state index contributed by atoms with van der Waals surface area (Å²) < 4.78 is 38.6. The van der Waals surface area contributed by atoms with Crippen molar-refractivity contribution in [3.63, 3.8) is 0 Å². The molecule has 1 amide bonds. The van der Waals surface area contributed by atoms with Crippen LogP contribution in [0.4, 0.5) is 8.78 Å². The molecule has 0 unspecified atom stereocenters. The number of hydrogen-bond donors (Lipinski definition) is 1. The third kappa shape index (κ3) is 12.1. The van der Waals surface area contributed by atoms with Crippen LogP contribution in [0.25, 0.3) is 16.3 Å². The second-order valence-corrected chi connectivity index (χ2v) is 13.8. The van der Waals surface area contributed by atoms with Gasteiger partial charge in [-0.05, 0) is 111 Å². The molecule has 0 spiro atoms. The molecule has 4 heterocycles. The number of nitrogens with zero attached hydrogens (tertiary/aromatic N) is 6. The first-order chi connectivity index (χ1) is 28.5. The Morgan fingerprint density at radius 3 is 2.17 bits per heavy atom. The van der Waals surface area contributed by atoms with E-state index >= 15 is 4.39 Å². The first-order valence-electron chi connectivity index (χ1n) is 21.8. The van der Waals surface area contributed by atoms with Crippen LogP contribution in [0.1, 0.15) is 129 Å². The molecule has 2 saturated heterocycles. The summed E-state index contributed by atoms with van der Waals surface area (Å²) >= 11 is 0. The number of halogens is 2. The smallest absolute Gasteiger partial charge is 0.273 e. The number of phenols is 1. The molecule has 2 fully saturated rings. The average Bonchev–Trinajstić information content (AvgIpc) is 3.99. The molecule has 1 aliphatic carbocycles. The number of aromatic hydroxyl groups is 1. The van der Waals surface area contributed by atoms with Crippen molar-refractivity contribution in [1.82, 2.24) is 24.5 Å². The minimum Gasteiger partial charge on any atom is -0.508 e. The highest BCUT2D eigenvalue weighted by Gasteiger charge is 2.29. The number of aryl methyl sites for hydroxylation is 2. The lowest BCUT2D eigenvalue weighted by Crippen LogP contribution is -2.25. The van der Waals surface area contributed by atoms with Crippen LogP contribution in [0.5, 0.6) is 5.75 Å². The Kier molecular flexibility index (Phi) is 21.3. The van der Waals surface area contributed by atoms with Crippen LogP contribution in [0, 0.1) is 5.82 Å². The van der Waals surface area contributed by atoms with Crippen LogP contribution in [0.15, 0.2) is 77.0 Å². The van der Waals surface area contributed by atoms with Crippen LogP contribution in [0.3, 0.4) is 0 Å². The molecule has 3 aliphatic heterocycles. The van der Waals surface area contributed by atoms with Crippen molar-refractivity contribution in [2.24, 2.45) is 4.99 Å². The molecule has 0 atom stereocenters. The molecule has 11 heteroatoms. The second kappa shape index (κ2) is 25.0. The zero-order chi connectivity index (χ0) is 44.4. The van der Waals surface area contributed by atoms with E-state index in [9.17, 15) is 14.3 Å². The van der Waals surface area contributed by atoms with Crippen LogP contribution < -0.4 is 0 Å². The third-order valence-corrected chi connectivity index (χ3v) is 10.4. The largest absolute Gasteiger partial charge is 0.508 e. The summed E-state index contributed by atoms with van der Waals surface area (Å²) in [4.78, 5) is 23.2. The number of benzene rings is 2. The van der Waals surface area contributed by atoms with Crippen molar-refractivity contribution in [3.8, 4) is 5.75 Å². The van der Waals surface area contributed by atoms with Crippen LogP contribution in [0.2, 0.25) is 0 Å². The third-order valence-electron chi connectivity index (χ3n) is 10.4. The van der Waals surface area contributed by atoms with Crippen molar-refractivity contribution >= 4 is 28.0 Å². The number of hydrogen-bond acceptors (Lipinski definition) is 7. The Hall–Kier alpha value is -4.77. The van der Waals surface area contributed by atoms with Gasteiger partial charge in [-0.15, -0.1) is 0 Å². The molecule has 2 aromatic carbocycles. The maximum absolute atomic E-state index is 16.7. The number of amides is 1. The monoisotopic (exact) mass is 819 g/mol. The molecule has 326 valence electrons. The molecule has 3 aromatic rings. The fraction of sp³-hybridized carbons (Fsp3) is 0.521. The molecule has 59 heavy (non-hydrogen) atoms. The lowest BCUT2D eigenvalue weighted by atomic mass is 9.88. The quantitative estimate of drug-likeness (QED) is 0.249. The standard InChI is InChI=1S/C33H35F2N5O3.C7H13N.4C2H6/c1-7-24-28(34)12-9-21-15-23(41)17-27(30(21)24)26-11-10-25(32(31(26)35)36-20(3)43-6)19(2)39-13-8-14-40-22(18-39)16-29(37-40)33(42)38(4)5;1-3-7-4-2-6-8(7)5-1;4*1-2/h9-12,15-17,41H,3,7-8,13-14,18H2,1-2,4-6H3;7H,1-6H2;4*1-2H3/b25-19+,36-32+;;;;;. The number of carbonyl (C=O) groups is 1. The average molecular weight is 819 g/mol. The molecule has 4 aliphatic rings. The number of aliphatic imine (C=N–C) groups is 1. The molecule has 1 aromatic heterocycles. The molecule has 0 bridgehead atoms. The number of aromatic nitrogens is 2. The molecular weight excluding hydrogens is 747 g/mol. The highest BCUT2D eigenvalue weighted by molar-refractivity contribution is 6.21. The van der Waals surface area contributed by atoms with Gasteiger partial charge in [0.1, 0.15) is 17.3 Å². The van der Waals surface area contributed by atoms with Gasteiger partial charge in [-0.25, -0.2) is 13.8 Å². The van der Waals surface area contributed by atoms with Crippen molar-refractivity contribution in [3.05, 3.63) is 100 Å². The van der Waals surface area contributed by atoms with Crippen molar-refractivity contribution in [2.45, 2.75) is 127 Å². The van der Waals surface area contributed by atoms with Gasteiger partial charge in [0.25, 0.3) is 5.91 Å². The van der Waals surface area contributed by atoms with Crippen LogP contribution in [-0.4, -0.2) is 88.1 Å². The Bertz CT molecular complexity index is 1960. The Balaban J connectivity index is 0.000000637. The molecule has 9 nitrogen and oxygen atoms in total. The number of methoxy groups -OCH3 is 1. The molecule has 0 radical (unpaired) electrons. The number of ether oxygens (including phenoxy) is 1. The highest BCUT2D eigenvalue weighted by Crippen LogP contribution is 2.39. The summed E-state index contributed by atoms with van der Waals surface area (Å²) in [5.74, 6) is -1.25. The van der Waals surface area contributed by atoms with E-state index in [1.807, 2.05) is 73.9 Å². The van der Waals surface area contributed by atoms with Crippen molar-refractivity contribution in [1.29, 1.82) is 0 Å². The van der Waals surface area contributed by atoms with Gasteiger partial charge in [0.05, 0.1) is 19.3 Å². The number of carbonyl (C=O) groups excluding carboxylic acids is 1. The summed E-state index contributed by atoms with van der Waals surface area (Å²) in [6, 6.07) is 8.74. The molecule has 7 rings (SSSR count). The van der Waals surface area contributed by atoms with E-state index in [4.69, 9.17) is 4.74 Å². The maximum Gasteiger partial charge on any atom is 0.273 e. The van der Waals surface area contributed by atoms with E-state index in [1.165, 1.54) is 62.9 Å². The van der Waals surface area contributed by atoms with Gasteiger partial charge in [0.15, 0.2) is 11.5 Å². The first-order valence-corrected chi connectivity index (χ1v) is 21.8. The maximum atomic E-state index is 16.7. The van der Waals surface area contributed by atoms with E-state index in [0.29, 0.717) is 59.2 Å². The van der Waals surface area contributed by atoms with Crippen LogP contribution >= 0.6 is 0 Å². The number of allylic oxidation sites excluding steroid dienone is 6. The summed E-state index contributed by atoms with van der Waals surface area (Å²) in [6.45, 7) is 28.1. The normalized spacial score (nSPS) is 17.3. The summed E-state index contributed by atoms with van der Waals surface area (Å²) in [5, 5.41) is 16.2. The van der Waals surface area contributed by atoms with Gasteiger partial charge in [-0.3, -0.25) is 9.48 Å². The van der Waals surface area contributed by atoms with Gasteiger partial charge in [0.2, 0.25) is 5.88 Å². The Labute approximate surface area is 353 Å². The van der Waals surface area contributed by atoms with Gasteiger partial charge in [0, 0.05) is 50.1 Å². The molecular formula is C48H72F2N6O3. The van der Waals surface area contributed by atoms with Gasteiger partial charge in [-0.2, -0.15) is 5.10 Å². The summed E-state index contributed by atoms with van der Waals surface area (Å²) in [5.41, 5.74) is 3.54. The predicted octanol–water partition coefficient (Wildman–Crippen LogP) is 11.5. The van der Waals surface area contributed by atoms with Gasteiger partial charge in [-0.1, -0.05) is 80.5 Å². The molecule has 0 saturated carbocycles. The summed E-state index contributed by atoms with van der Waals surface area (Å²) in [6.07, 6.45) is 10.5. The van der Waals surface area contributed by atoms with E-state index in [0.717, 1.165) is 23.9 Å². The topological polar surface area (TPSA) is 86.4 Å². The van der Waals surface area contributed by atoms with Crippen molar-refractivity contribution < 1.29 is 23.4 Å². The van der Waals surface area contributed by atoms with E-state index in [2.05, 4.69) is 26.5 Å². The zero-order valence-electron chi connectivity index (χ0n) is 38.3. The fourth-order valence-corrected chi connectivity index (χ4v) is 7.70. The zero-order valence-corrected chi connectivity index (χ0v) is 38.3. The van der Waals surface area contributed by atoms with Crippen molar-refractivity contribution in [2.75, 3.05) is 40.8 Å². The highest BCUT2D eigenvalue weighted by atomic mass is 19.1. The Morgan fingerprint density at radius 2 is 1.59 bits per heavy atom. The van der Waals surface area contributed by atoms with Gasteiger partial charge < -0.3 is 24.5 Å². The fourth-order valence-electron chi connectivity index (χ4n) is 7.70.